The molecular formula is C27H25N5O4S. The van der Waals surface area contributed by atoms with Crippen LogP contribution in [0.15, 0.2) is 81.9 Å². The molecule has 0 bridgehead atoms. The number of methoxy groups -OCH3 is 1. The number of aromatic nitrogens is 3. The van der Waals surface area contributed by atoms with Crippen LogP contribution in [0.1, 0.15) is 31.1 Å². The molecule has 0 radical (unpaired) electrons. The van der Waals surface area contributed by atoms with E-state index in [0.29, 0.717) is 37.5 Å². The van der Waals surface area contributed by atoms with Gasteiger partial charge in [-0.25, -0.2) is 4.99 Å². The molecule has 1 amide bonds. The molecule has 188 valence electrons. The van der Waals surface area contributed by atoms with Crippen LogP contribution in [0.25, 0.3) is 6.08 Å². The number of carbonyl (C=O) groups excluding carboxylic acids is 1. The number of nitrogens with zero attached hydrogens (tertiary/aromatic N) is 4. The number of benzene rings is 2. The molecule has 0 unspecified atom stereocenters. The minimum absolute atomic E-state index is 0.0406. The first-order chi connectivity index (χ1) is 17.9. The number of ether oxygens (including phenoxy) is 1. The molecule has 0 spiro atoms. The fourth-order valence-corrected chi connectivity index (χ4v) is 5.31. The number of aromatic hydroxyl groups is 1. The zero-order chi connectivity index (χ0) is 26.1. The van der Waals surface area contributed by atoms with Crippen LogP contribution in [0.4, 0.5) is 5.69 Å². The van der Waals surface area contributed by atoms with Crippen molar-refractivity contribution in [2.75, 3.05) is 12.4 Å². The number of nitrogens with one attached hydrogen (secondary N) is 1. The van der Waals surface area contributed by atoms with Gasteiger partial charge in [0.15, 0.2) is 16.3 Å². The third-order valence-corrected chi connectivity index (χ3v) is 7.06. The molecule has 1 aliphatic heterocycles. The monoisotopic (exact) mass is 515 g/mol. The SMILES string of the molecule is CCn1ccc(/C=c2/sc3n(c2=O)[C@@H](c2ccc(O)c(OC)c2)C(C(=O)Nc2ccccc2)=C(C)N=3)n1. The van der Waals surface area contributed by atoms with E-state index < -0.39 is 6.04 Å². The third-order valence-electron chi connectivity index (χ3n) is 6.08. The van der Waals surface area contributed by atoms with Crippen LogP contribution < -0.4 is 24.9 Å². The summed E-state index contributed by atoms with van der Waals surface area (Å²) in [5.74, 6) is -0.177. The summed E-state index contributed by atoms with van der Waals surface area (Å²) in [6.07, 6.45) is 3.58. The summed E-state index contributed by atoms with van der Waals surface area (Å²) in [5.41, 5.74) is 2.42. The van der Waals surface area contributed by atoms with Crippen LogP contribution >= 0.6 is 11.3 Å². The number of amides is 1. The van der Waals surface area contributed by atoms with Gasteiger partial charge in [-0.1, -0.05) is 35.6 Å². The molecule has 0 fully saturated rings. The van der Waals surface area contributed by atoms with Crippen molar-refractivity contribution in [2.45, 2.75) is 26.4 Å². The first-order valence-electron chi connectivity index (χ1n) is 11.7. The number of phenols is 1. The number of hydrogen-bond acceptors (Lipinski definition) is 7. The second kappa shape index (κ2) is 9.90. The van der Waals surface area contributed by atoms with E-state index in [-0.39, 0.29) is 23.0 Å². The number of thiazole rings is 1. The molecular weight excluding hydrogens is 490 g/mol. The Bertz CT molecular complexity index is 1700. The van der Waals surface area contributed by atoms with Crippen LogP contribution in [-0.2, 0) is 11.3 Å². The number of carbonyl (C=O) groups is 1. The van der Waals surface area contributed by atoms with E-state index in [1.54, 1.807) is 41.9 Å². The largest absolute Gasteiger partial charge is 0.504 e. The van der Waals surface area contributed by atoms with Gasteiger partial charge in [0.2, 0.25) is 0 Å². The Balaban J connectivity index is 1.69. The van der Waals surface area contributed by atoms with Gasteiger partial charge >= 0.3 is 0 Å². The maximum Gasteiger partial charge on any atom is 0.271 e. The zero-order valence-corrected chi connectivity index (χ0v) is 21.3. The molecule has 1 atom stereocenters. The van der Waals surface area contributed by atoms with E-state index in [2.05, 4.69) is 15.4 Å². The molecule has 4 aromatic rings. The Morgan fingerprint density at radius 1 is 1.22 bits per heavy atom. The number of fused-ring (bicyclic) bond motifs is 1. The van der Waals surface area contributed by atoms with Gasteiger partial charge in [-0.3, -0.25) is 18.8 Å². The minimum Gasteiger partial charge on any atom is -0.504 e. The van der Waals surface area contributed by atoms with Gasteiger partial charge in [0, 0.05) is 18.4 Å². The standard InChI is InChI=1S/C27H25N5O4S/c1-4-31-13-12-19(30-31)15-22-26(35)32-24(17-10-11-20(33)21(14-17)36-3)23(16(2)28-27(32)37-22)25(34)29-18-8-6-5-7-9-18/h5-15,24,33H,4H2,1-3H3,(H,29,34)/b22-15+/t24-/m0/s1. The van der Waals surface area contributed by atoms with Crippen molar-refractivity contribution >= 4 is 29.0 Å². The van der Waals surface area contributed by atoms with E-state index in [9.17, 15) is 14.7 Å². The molecule has 2 aromatic carbocycles. The second-order valence-corrected chi connectivity index (χ2v) is 9.44. The van der Waals surface area contributed by atoms with Gasteiger partial charge < -0.3 is 15.2 Å². The zero-order valence-electron chi connectivity index (χ0n) is 20.5. The van der Waals surface area contributed by atoms with E-state index >= 15 is 0 Å². The normalized spacial score (nSPS) is 15.3. The summed E-state index contributed by atoms with van der Waals surface area (Å²) in [7, 11) is 1.45. The average Bonchev–Trinajstić information content (AvgIpc) is 3.48. The number of allylic oxidation sites excluding steroid dienone is 1. The molecule has 2 N–H and O–H groups in total. The number of rotatable bonds is 6. The van der Waals surface area contributed by atoms with Crippen LogP contribution in [0, 0.1) is 0 Å². The molecule has 0 aliphatic carbocycles. The summed E-state index contributed by atoms with van der Waals surface area (Å²) in [6.45, 7) is 4.46. The highest BCUT2D eigenvalue weighted by atomic mass is 32.1. The topological polar surface area (TPSA) is 111 Å². The quantitative estimate of drug-likeness (QED) is 0.410. The van der Waals surface area contributed by atoms with Gasteiger partial charge in [-0.05, 0) is 55.8 Å². The Hall–Kier alpha value is -4.44. The summed E-state index contributed by atoms with van der Waals surface area (Å²) < 4.78 is 9.07. The Labute approximate surface area is 216 Å². The highest BCUT2D eigenvalue weighted by Gasteiger charge is 2.33. The molecule has 0 saturated heterocycles. The van der Waals surface area contributed by atoms with Crippen molar-refractivity contribution in [3.05, 3.63) is 103 Å². The summed E-state index contributed by atoms with van der Waals surface area (Å²) >= 11 is 1.24. The Morgan fingerprint density at radius 2 is 2.00 bits per heavy atom. The van der Waals surface area contributed by atoms with Crippen molar-refractivity contribution in [1.82, 2.24) is 14.3 Å². The number of aryl methyl sites for hydroxylation is 1. The summed E-state index contributed by atoms with van der Waals surface area (Å²) in [5, 5.41) is 17.6. The van der Waals surface area contributed by atoms with Gasteiger partial charge in [0.25, 0.3) is 11.5 Å². The van der Waals surface area contributed by atoms with Crippen molar-refractivity contribution in [2.24, 2.45) is 4.99 Å². The summed E-state index contributed by atoms with van der Waals surface area (Å²) in [6, 6.07) is 14.9. The minimum atomic E-state index is -0.787. The van der Waals surface area contributed by atoms with Gasteiger partial charge in [-0.15, -0.1) is 0 Å². The fraction of sp³-hybridized carbons (Fsp3) is 0.185. The van der Waals surface area contributed by atoms with Crippen LogP contribution in [0.5, 0.6) is 11.5 Å². The molecule has 9 nitrogen and oxygen atoms in total. The van der Waals surface area contributed by atoms with Crippen LogP contribution in [0.2, 0.25) is 0 Å². The lowest BCUT2D eigenvalue weighted by Crippen LogP contribution is -2.40. The van der Waals surface area contributed by atoms with E-state index in [1.165, 1.54) is 29.1 Å². The summed E-state index contributed by atoms with van der Waals surface area (Å²) in [4.78, 5) is 32.5. The lowest BCUT2D eigenvalue weighted by molar-refractivity contribution is -0.113. The first-order valence-corrected chi connectivity index (χ1v) is 12.5. The molecule has 2 aromatic heterocycles. The molecule has 1 aliphatic rings. The maximum absolute atomic E-state index is 13.7. The second-order valence-electron chi connectivity index (χ2n) is 8.43. The highest BCUT2D eigenvalue weighted by molar-refractivity contribution is 7.07. The number of phenolic OH excluding ortho intramolecular Hbond substituents is 1. The number of hydrogen-bond donors (Lipinski definition) is 2. The van der Waals surface area contributed by atoms with Gasteiger partial charge in [0.05, 0.1) is 34.6 Å². The van der Waals surface area contributed by atoms with E-state index in [1.807, 2.05) is 37.4 Å². The predicted molar refractivity (Wildman–Crippen MR) is 141 cm³/mol. The molecule has 37 heavy (non-hydrogen) atoms. The smallest absolute Gasteiger partial charge is 0.271 e. The Morgan fingerprint density at radius 3 is 2.70 bits per heavy atom. The molecule has 10 heteroatoms. The molecule has 5 rings (SSSR count). The third kappa shape index (κ3) is 4.58. The average molecular weight is 516 g/mol. The fourth-order valence-electron chi connectivity index (χ4n) is 4.28. The lowest BCUT2D eigenvalue weighted by atomic mass is 9.94. The first kappa shape index (κ1) is 24.3. The maximum atomic E-state index is 13.7. The number of anilines is 1. The predicted octanol–water partition coefficient (Wildman–Crippen LogP) is 2.80. The number of para-hydroxylation sites is 1. The molecule has 0 saturated carbocycles. The van der Waals surface area contributed by atoms with Crippen molar-refractivity contribution in [1.29, 1.82) is 0 Å². The van der Waals surface area contributed by atoms with Crippen molar-refractivity contribution in [3.8, 4) is 11.5 Å². The highest BCUT2D eigenvalue weighted by Crippen LogP contribution is 2.35. The van der Waals surface area contributed by atoms with Crippen molar-refractivity contribution in [3.63, 3.8) is 0 Å². The van der Waals surface area contributed by atoms with E-state index in [4.69, 9.17) is 4.74 Å². The lowest BCUT2D eigenvalue weighted by Gasteiger charge is -2.25. The van der Waals surface area contributed by atoms with Crippen molar-refractivity contribution < 1.29 is 14.6 Å². The van der Waals surface area contributed by atoms with Gasteiger partial charge in [0.1, 0.15) is 0 Å². The van der Waals surface area contributed by atoms with Crippen LogP contribution in [-0.4, -0.2) is 32.5 Å². The van der Waals surface area contributed by atoms with Gasteiger partial charge in [-0.2, -0.15) is 5.10 Å². The van der Waals surface area contributed by atoms with E-state index in [0.717, 1.165) is 6.54 Å². The van der Waals surface area contributed by atoms with Crippen LogP contribution in [0.3, 0.4) is 0 Å². The molecule has 3 heterocycles. The Kier molecular flexibility index (Phi) is 6.49.